The first-order valence-corrected chi connectivity index (χ1v) is 14.6. The molecule has 0 radical (unpaired) electrons. The first-order valence-electron chi connectivity index (χ1n) is 14.6. The van der Waals surface area contributed by atoms with E-state index in [1.165, 1.54) is 19.8 Å². The van der Waals surface area contributed by atoms with Gasteiger partial charge in [0.15, 0.2) is 0 Å². The molecule has 3 aromatic carbocycles. The van der Waals surface area contributed by atoms with Crippen LogP contribution >= 0.6 is 0 Å². The molecule has 2 aliphatic carbocycles. The molecule has 3 atom stereocenters. The summed E-state index contributed by atoms with van der Waals surface area (Å²) in [5, 5.41) is 2.19. The third kappa shape index (κ3) is 4.87. The first-order chi connectivity index (χ1) is 19.3. The van der Waals surface area contributed by atoms with E-state index in [4.69, 9.17) is 9.47 Å². The van der Waals surface area contributed by atoms with Crippen LogP contribution in [0.3, 0.4) is 0 Å². The number of hydrogen-bond donors (Lipinski definition) is 0. The van der Waals surface area contributed by atoms with Crippen molar-refractivity contribution < 1.29 is 19.1 Å². The number of likely N-dealkylation sites (tertiary alicyclic amines) is 1. The molecule has 6 rings (SSSR count). The molecular weight excluding hydrogens is 500 g/mol. The molecule has 6 nitrogen and oxygen atoms in total. The van der Waals surface area contributed by atoms with Crippen molar-refractivity contribution >= 4 is 22.6 Å². The van der Waals surface area contributed by atoms with Gasteiger partial charge in [-0.1, -0.05) is 42.5 Å². The van der Waals surface area contributed by atoms with Crippen LogP contribution in [-0.4, -0.2) is 67.1 Å². The lowest BCUT2D eigenvalue weighted by Crippen LogP contribution is -2.68. The molecule has 3 aromatic rings. The normalized spacial score (nSPS) is 26.6. The third-order valence-corrected chi connectivity index (χ3v) is 9.71. The van der Waals surface area contributed by atoms with Crippen LogP contribution < -0.4 is 4.74 Å². The van der Waals surface area contributed by atoms with Crippen LogP contribution in [0, 0.1) is 5.92 Å². The lowest BCUT2D eigenvalue weighted by atomic mass is 9.55. The summed E-state index contributed by atoms with van der Waals surface area (Å²) in [7, 11) is 3.62. The molecule has 210 valence electrons. The Morgan fingerprint density at radius 2 is 1.77 bits per heavy atom. The molecule has 6 heteroatoms. The SMILES string of the molecule is COc1cccc([C@@]23CCN(CC4CC4)C[C@@]2(OC(C)=O)CC[C@@H](N(C)C(=O)c2ccc4ccccc4c2)C3)c1. The van der Waals surface area contributed by atoms with Crippen LogP contribution in [0.25, 0.3) is 10.8 Å². The number of nitrogens with zero attached hydrogens (tertiary/aromatic N) is 2. The Balaban J connectivity index is 1.36. The van der Waals surface area contributed by atoms with Crippen molar-refractivity contribution in [1.29, 1.82) is 0 Å². The summed E-state index contributed by atoms with van der Waals surface area (Å²) < 4.78 is 12.1. The van der Waals surface area contributed by atoms with Gasteiger partial charge in [-0.2, -0.15) is 0 Å². The molecule has 0 N–H and O–H groups in total. The Morgan fingerprint density at radius 1 is 0.975 bits per heavy atom. The molecule has 0 spiro atoms. The van der Waals surface area contributed by atoms with Crippen molar-refractivity contribution in [2.24, 2.45) is 5.92 Å². The molecule has 1 heterocycles. The Bertz CT molecular complexity index is 1420. The zero-order valence-corrected chi connectivity index (χ0v) is 23.9. The fourth-order valence-corrected chi connectivity index (χ4v) is 7.42. The van der Waals surface area contributed by atoms with Crippen molar-refractivity contribution in [2.45, 2.75) is 62.5 Å². The van der Waals surface area contributed by atoms with Gasteiger partial charge in [0, 0.05) is 44.1 Å². The number of hydrogen-bond acceptors (Lipinski definition) is 5. The molecule has 1 aliphatic heterocycles. The standard InChI is InChI=1S/C34H40N2O4/c1-24(37)40-34-16-15-30(35(2)32(38)28-14-13-26-7-4-5-8-27(26)19-28)21-33(34,29-9-6-10-31(20-29)39-3)17-18-36(23-34)22-25-11-12-25/h4-10,13-14,19-20,25,30H,11-12,15-18,21-23H2,1-3H3/t30-,33+,34+/m1/s1. The predicted octanol–water partition coefficient (Wildman–Crippen LogP) is 5.83. The third-order valence-electron chi connectivity index (χ3n) is 9.71. The summed E-state index contributed by atoms with van der Waals surface area (Å²) >= 11 is 0. The van der Waals surface area contributed by atoms with Gasteiger partial charge >= 0.3 is 5.97 Å². The fraction of sp³-hybridized carbons (Fsp3) is 0.471. The van der Waals surface area contributed by atoms with E-state index in [2.05, 4.69) is 23.1 Å². The molecule has 0 aromatic heterocycles. The number of amides is 1. The van der Waals surface area contributed by atoms with Crippen LogP contribution in [0.2, 0.25) is 0 Å². The van der Waals surface area contributed by atoms with Crippen LogP contribution in [0.5, 0.6) is 5.75 Å². The number of rotatable bonds is 7. The summed E-state index contributed by atoms with van der Waals surface area (Å²) in [5.74, 6) is 1.36. The highest BCUT2D eigenvalue weighted by Gasteiger charge is 2.61. The first kappa shape index (κ1) is 26.8. The van der Waals surface area contributed by atoms with Crippen molar-refractivity contribution in [3.8, 4) is 5.75 Å². The zero-order valence-electron chi connectivity index (χ0n) is 23.9. The number of carbonyl (C=O) groups is 2. The highest BCUT2D eigenvalue weighted by molar-refractivity contribution is 5.98. The predicted molar refractivity (Wildman–Crippen MR) is 157 cm³/mol. The van der Waals surface area contributed by atoms with E-state index < -0.39 is 11.0 Å². The Morgan fingerprint density at radius 3 is 2.52 bits per heavy atom. The molecule has 0 unspecified atom stereocenters. The second kappa shape index (κ2) is 10.5. The largest absolute Gasteiger partial charge is 0.497 e. The highest BCUT2D eigenvalue weighted by Crippen LogP contribution is 2.55. The zero-order chi connectivity index (χ0) is 27.9. The van der Waals surface area contributed by atoms with E-state index in [9.17, 15) is 9.59 Å². The number of methoxy groups -OCH3 is 1. The minimum Gasteiger partial charge on any atom is -0.497 e. The van der Waals surface area contributed by atoms with Crippen LogP contribution in [0.15, 0.2) is 66.7 Å². The minimum absolute atomic E-state index is 0.0174. The summed E-state index contributed by atoms with van der Waals surface area (Å²) in [4.78, 5) is 31.0. The monoisotopic (exact) mass is 540 g/mol. The van der Waals surface area contributed by atoms with Crippen LogP contribution in [0.1, 0.15) is 61.4 Å². The lowest BCUT2D eigenvalue weighted by molar-refractivity contribution is -0.188. The number of benzene rings is 3. The van der Waals surface area contributed by atoms with Gasteiger partial charge in [-0.15, -0.1) is 0 Å². The molecule has 3 aliphatic rings. The molecule has 2 saturated carbocycles. The topological polar surface area (TPSA) is 59.1 Å². The summed E-state index contributed by atoms with van der Waals surface area (Å²) in [6, 6.07) is 22.4. The lowest BCUT2D eigenvalue weighted by Gasteiger charge is -2.60. The smallest absolute Gasteiger partial charge is 0.303 e. The average Bonchev–Trinajstić information content (AvgIpc) is 3.79. The van der Waals surface area contributed by atoms with Gasteiger partial charge in [-0.3, -0.25) is 14.5 Å². The Labute approximate surface area is 237 Å². The molecule has 1 amide bonds. The van der Waals surface area contributed by atoms with Crippen molar-refractivity contribution in [1.82, 2.24) is 9.80 Å². The molecule has 1 saturated heterocycles. The van der Waals surface area contributed by atoms with Crippen molar-refractivity contribution in [3.63, 3.8) is 0 Å². The second-order valence-electron chi connectivity index (χ2n) is 12.2. The van der Waals surface area contributed by atoms with Gasteiger partial charge in [-0.25, -0.2) is 0 Å². The number of ether oxygens (including phenoxy) is 2. The summed E-state index contributed by atoms with van der Waals surface area (Å²) in [5.41, 5.74) is 0.763. The molecule has 3 fully saturated rings. The van der Waals surface area contributed by atoms with Gasteiger partial charge in [-0.05, 0) is 91.6 Å². The van der Waals surface area contributed by atoms with Gasteiger partial charge in [0.1, 0.15) is 11.4 Å². The Kier molecular flexibility index (Phi) is 7.07. The van der Waals surface area contributed by atoms with E-state index in [1.54, 1.807) is 7.11 Å². The van der Waals surface area contributed by atoms with Crippen molar-refractivity contribution in [3.05, 3.63) is 77.9 Å². The Hall–Kier alpha value is -3.38. The van der Waals surface area contributed by atoms with Crippen LogP contribution in [0.4, 0.5) is 0 Å². The van der Waals surface area contributed by atoms with Crippen molar-refractivity contribution in [2.75, 3.05) is 33.8 Å². The summed E-state index contributed by atoms with van der Waals surface area (Å²) in [6.07, 6.45) is 5.69. The van der Waals surface area contributed by atoms with Gasteiger partial charge < -0.3 is 14.4 Å². The number of esters is 1. The second-order valence-corrected chi connectivity index (χ2v) is 12.2. The average molecular weight is 541 g/mol. The minimum atomic E-state index is -0.651. The van der Waals surface area contributed by atoms with E-state index in [0.29, 0.717) is 12.0 Å². The number of piperidine rings is 1. The van der Waals surface area contributed by atoms with E-state index in [1.807, 2.05) is 60.5 Å². The number of fused-ring (bicyclic) bond motifs is 2. The van der Waals surface area contributed by atoms with E-state index in [0.717, 1.165) is 66.9 Å². The maximum Gasteiger partial charge on any atom is 0.303 e. The van der Waals surface area contributed by atoms with E-state index in [-0.39, 0.29) is 17.9 Å². The maximum absolute atomic E-state index is 13.8. The maximum atomic E-state index is 13.8. The van der Waals surface area contributed by atoms with Gasteiger partial charge in [0.05, 0.1) is 7.11 Å². The quantitative estimate of drug-likeness (QED) is 0.353. The fourth-order valence-electron chi connectivity index (χ4n) is 7.42. The molecule has 0 bridgehead atoms. The van der Waals surface area contributed by atoms with Crippen LogP contribution in [-0.2, 0) is 14.9 Å². The van der Waals surface area contributed by atoms with Gasteiger partial charge in [0.25, 0.3) is 5.91 Å². The number of carbonyl (C=O) groups excluding carboxylic acids is 2. The molecular formula is C34H40N2O4. The van der Waals surface area contributed by atoms with Gasteiger partial charge in [0.2, 0.25) is 0 Å². The molecule has 40 heavy (non-hydrogen) atoms. The van der Waals surface area contributed by atoms with E-state index >= 15 is 0 Å². The summed E-state index contributed by atoms with van der Waals surface area (Å²) in [6.45, 7) is 4.29. The highest BCUT2D eigenvalue weighted by atomic mass is 16.6.